The minimum Gasteiger partial charge on any atom is -0.380 e. The maximum atomic E-state index is 5.65. The van der Waals surface area contributed by atoms with Gasteiger partial charge in [0.1, 0.15) is 0 Å². The van der Waals surface area contributed by atoms with Crippen molar-refractivity contribution in [1.82, 2.24) is 0 Å². The maximum absolute atomic E-state index is 5.65. The van der Waals surface area contributed by atoms with Gasteiger partial charge in [0.15, 0.2) is 0 Å². The van der Waals surface area contributed by atoms with E-state index in [1.165, 1.54) is 19.3 Å². The lowest BCUT2D eigenvalue weighted by atomic mass is 10.1. The van der Waals surface area contributed by atoms with Gasteiger partial charge in [0.25, 0.3) is 0 Å². The van der Waals surface area contributed by atoms with Gasteiger partial charge in [0.05, 0.1) is 7.44 Å². The minimum atomic E-state index is -0.450. The first-order chi connectivity index (χ1) is 4.27. The molecule has 1 unspecified atom stereocenters. The average molecular weight is 140 g/mol. The van der Waals surface area contributed by atoms with Crippen molar-refractivity contribution >= 4 is 16.8 Å². The Bertz CT molecular complexity index is 91.1. The Balaban J connectivity index is 2.37. The molecule has 9 heavy (non-hydrogen) atoms. The van der Waals surface area contributed by atoms with Crippen LogP contribution < -0.4 is 0 Å². The second kappa shape index (κ2) is 2.88. The molecule has 0 bridgehead atoms. The van der Waals surface area contributed by atoms with E-state index in [-0.39, 0.29) is 5.22 Å². The summed E-state index contributed by atoms with van der Waals surface area (Å²) in [7, 11) is 5.20. The number of ether oxygens (including phenoxy) is 1. The first-order valence-corrected chi connectivity index (χ1v) is 5.13. The monoisotopic (exact) mass is 140 g/mol. The van der Waals surface area contributed by atoms with E-state index in [2.05, 4.69) is 6.92 Å². The van der Waals surface area contributed by atoms with Crippen LogP contribution in [0.1, 0.15) is 26.2 Å². The maximum Gasteiger partial charge on any atom is 0.0517 e. The van der Waals surface area contributed by atoms with Gasteiger partial charge in [0.2, 0.25) is 0 Å². The molecule has 0 saturated carbocycles. The van der Waals surface area contributed by atoms with Crippen LogP contribution in [0.4, 0.5) is 0 Å². The highest BCUT2D eigenvalue weighted by molar-refractivity contribution is 6.91. The fourth-order valence-electron chi connectivity index (χ4n) is 1.15. The van der Waals surface area contributed by atoms with Crippen LogP contribution in [-0.4, -0.2) is 28.7 Å². The largest absolute Gasteiger partial charge is 0.380 e. The molecule has 50 valence electrons. The summed E-state index contributed by atoms with van der Waals surface area (Å²) in [4.78, 5) is 0. The van der Waals surface area contributed by atoms with Crippen LogP contribution >= 0.6 is 0 Å². The predicted octanol–water partition coefficient (Wildman–Crippen LogP) is 0.155. The van der Waals surface area contributed by atoms with Crippen LogP contribution in [-0.2, 0) is 4.74 Å². The molecule has 1 heterocycles. The zero-order chi connectivity index (χ0) is 6.74. The second-order valence-corrected chi connectivity index (χ2v) is 4.86. The van der Waals surface area contributed by atoms with Crippen molar-refractivity contribution in [2.24, 2.45) is 0 Å². The van der Waals surface area contributed by atoms with E-state index in [0.717, 1.165) is 6.61 Å². The van der Waals surface area contributed by atoms with Gasteiger partial charge in [-0.15, -0.1) is 0 Å². The van der Waals surface area contributed by atoms with Gasteiger partial charge >= 0.3 is 0 Å². The van der Waals surface area contributed by atoms with Crippen LogP contribution in [0.5, 0.6) is 0 Å². The molecule has 0 aromatic rings. The van der Waals surface area contributed by atoms with Crippen LogP contribution in [0.15, 0.2) is 0 Å². The molecule has 1 fully saturated rings. The Labute approximate surface area is 60.3 Å². The molecule has 1 aliphatic rings. The van der Waals surface area contributed by atoms with E-state index in [1.54, 1.807) is 0 Å². The Morgan fingerprint density at radius 1 is 1.56 bits per heavy atom. The molecular formula is C6H13BOSi. The van der Waals surface area contributed by atoms with Gasteiger partial charge in [0, 0.05) is 21.2 Å². The third-order valence-corrected chi connectivity index (χ3v) is 3.40. The van der Waals surface area contributed by atoms with E-state index in [1.807, 2.05) is 0 Å². The van der Waals surface area contributed by atoms with Crippen molar-refractivity contribution in [3.8, 4) is 0 Å². The quantitative estimate of drug-likeness (QED) is 0.471. The fourth-order valence-corrected chi connectivity index (χ4v) is 1.87. The molecule has 0 aromatic heterocycles. The molecule has 3 heteroatoms. The topological polar surface area (TPSA) is 9.23 Å². The van der Waals surface area contributed by atoms with Gasteiger partial charge in [-0.1, -0.05) is 0 Å². The van der Waals surface area contributed by atoms with E-state index in [0.29, 0.717) is 0 Å². The molecule has 0 spiro atoms. The first-order valence-electron chi connectivity index (χ1n) is 3.61. The predicted molar refractivity (Wildman–Crippen MR) is 42.5 cm³/mol. The Morgan fingerprint density at radius 3 is 2.67 bits per heavy atom. The average Bonchev–Trinajstić information content (AvgIpc) is 1.90. The van der Waals surface area contributed by atoms with Crippen molar-refractivity contribution in [2.75, 3.05) is 6.61 Å². The zero-order valence-corrected chi connectivity index (χ0v) is 7.44. The summed E-state index contributed by atoms with van der Waals surface area (Å²) in [6.45, 7) is 3.08. The van der Waals surface area contributed by atoms with Crippen molar-refractivity contribution in [3.63, 3.8) is 0 Å². The highest BCUT2D eigenvalue weighted by Crippen LogP contribution is 2.21. The number of hydrogen-bond acceptors (Lipinski definition) is 1. The minimum absolute atomic E-state index is 0.137. The summed E-state index contributed by atoms with van der Waals surface area (Å²) in [6.07, 6.45) is 3.72. The molecule has 0 aromatic carbocycles. The Morgan fingerprint density at radius 2 is 2.33 bits per heavy atom. The molecule has 1 nitrogen and oxygen atoms in total. The van der Waals surface area contributed by atoms with Crippen molar-refractivity contribution in [1.29, 1.82) is 0 Å². The molecule has 0 amide bonds. The Hall–Kier alpha value is 0.242. The molecule has 0 N–H and O–H groups in total. The van der Waals surface area contributed by atoms with Gasteiger partial charge in [-0.05, 0) is 26.2 Å². The third kappa shape index (κ3) is 1.83. The van der Waals surface area contributed by atoms with Crippen LogP contribution in [0.2, 0.25) is 0 Å². The lowest BCUT2D eigenvalue weighted by molar-refractivity contribution is -0.00545. The van der Waals surface area contributed by atoms with Crippen LogP contribution in [0.25, 0.3) is 0 Å². The standard InChI is InChI=1S/C6H13BOSi/c1-6(9-7)4-2-3-5-8-6/h2-5,9H2,1H3. The summed E-state index contributed by atoms with van der Waals surface area (Å²) in [6, 6.07) is 0. The lowest BCUT2D eigenvalue weighted by Crippen LogP contribution is -2.39. The SMILES string of the molecule is [B][SiH2]C1(C)CCCCO1. The van der Waals surface area contributed by atoms with Crippen LogP contribution in [0, 0.1) is 0 Å². The van der Waals surface area contributed by atoms with E-state index < -0.39 is 9.39 Å². The van der Waals surface area contributed by atoms with Crippen molar-refractivity contribution in [3.05, 3.63) is 0 Å². The summed E-state index contributed by atoms with van der Waals surface area (Å²) in [5.41, 5.74) is 0. The number of rotatable bonds is 1. The van der Waals surface area contributed by atoms with E-state index in [4.69, 9.17) is 12.2 Å². The highest BCUT2D eigenvalue weighted by Gasteiger charge is 2.24. The molecule has 1 aliphatic heterocycles. The van der Waals surface area contributed by atoms with Gasteiger partial charge in [-0.2, -0.15) is 0 Å². The van der Waals surface area contributed by atoms with Gasteiger partial charge < -0.3 is 4.74 Å². The molecule has 0 aliphatic carbocycles. The smallest absolute Gasteiger partial charge is 0.0517 e. The fraction of sp³-hybridized carbons (Fsp3) is 1.00. The van der Waals surface area contributed by atoms with Gasteiger partial charge in [-0.25, -0.2) is 0 Å². The summed E-state index contributed by atoms with van der Waals surface area (Å²) >= 11 is 0. The van der Waals surface area contributed by atoms with E-state index in [9.17, 15) is 0 Å². The second-order valence-electron chi connectivity index (χ2n) is 2.96. The molecule has 2 radical (unpaired) electrons. The normalized spacial score (nSPS) is 37.9. The third-order valence-electron chi connectivity index (χ3n) is 1.98. The van der Waals surface area contributed by atoms with Crippen molar-refractivity contribution in [2.45, 2.75) is 31.4 Å². The molecular weight excluding hydrogens is 127 g/mol. The molecule has 1 rings (SSSR count). The first kappa shape index (κ1) is 7.35. The summed E-state index contributed by atoms with van der Waals surface area (Å²) in [5.74, 6) is 0. The van der Waals surface area contributed by atoms with Gasteiger partial charge in [-0.3, -0.25) is 0 Å². The van der Waals surface area contributed by atoms with Crippen LogP contribution in [0.3, 0.4) is 0 Å². The summed E-state index contributed by atoms with van der Waals surface area (Å²) < 4.78 is 5.55. The lowest BCUT2D eigenvalue weighted by Gasteiger charge is -2.32. The Kier molecular flexibility index (Phi) is 2.36. The highest BCUT2D eigenvalue weighted by atomic mass is 28.2. The summed E-state index contributed by atoms with van der Waals surface area (Å²) in [5, 5.41) is 0.137. The molecule has 1 atom stereocenters. The molecule has 1 saturated heterocycles. The zero-order valence-electron chi connectivity index (χ0n) is 6.02. The van der Waals surface area contributed by atoms with Crippen molar-refractivity contribution < 1.29 is 4.74 Å². The van der Waals surface area contributed by atoms with E-state index >= 15 is 0 Å². The number of hydrogen-bond donors (Lipinski definition) is 0.